The number of methoxy groups -OCH3 is 1. The van der Waals surface area contributed by atoms with E-state index in [9.17, 15) is 5.11 Å². The second-order valence-corrected chi connectivity index (χ2v) is 3.43. The summed E-state index contributed by atoms with van der Waals surface area (Å²) in [6.07, 6.45) is 3.27. The number of phenols is 1. The number of ether oxygens (including phenoxy) is 1. The first kappa shape index (κ1) is 9.86. The molecule has 0 saturated carbocycles. The molecular weight excluding hydrogens is 216 g/mol. The quantitative estimate of drug-likeness (QED) is 0.824. The molecule has 0 fully saturated rings. The largest absolute Gasteiger partial charge is 0.504 e. The predicted octanol–water partition coefficient (Wildman–Crippen LogP) is 2.44. The van der Waals surface area contributed by atoms with E-state index in [1.54, 1.807) is 24.5 Å². The molecule has 78 valence electrons. The lowest BCUT2D eigenvalue weighted by Gasteiger charge is -2.08. The topological polar surface area (TPSA) is 58.1 Å². The highest BCUT2D eigenvalue weighted by molar-refractivity contribution is 6.31. The van der Waals surface area contributed by atoms with Gasteiger partial charge in [-0.05, 0) is 6.07 Å². The highest BCUT2D eigenvalue weighted by atomic mass is 35.5. The second kappa shape index (κ2) is 3.82. The molecule has 0 atom stereocenters. The summed E-state index contributed by atoms with van der Waals surface area (Å²) in [7, 11) is 1.48. The molecule has 4 nitrogen and oxygen atoms in total. The molecule has 0 bridgehead atoms. The molecule has 0 aliphatic rings. The monoisotopic (exact) mass is 224 g/mol. The third-order valence-electron chi connectivity index (χ3n) is 2.07. The number of rotatable bonds is 2. The minimum atomic E-state index is 0.0586. The second-order valence-electron chi connectivity index (χ2n) is 2.99. The van der Waals surface area contributed by atoms with Crippen LogP contribution in [0.15, 0.2) is 24.5 Å². The maximum Gasteiger partial charge on any atom is 0.165 e. The van der Waals surface area contributed by atoms with Crippen LogP contribution in [0.5, 0.6) is 11.5 Å². The molecule has 0 radical (unpaired) electrons. The number of aromatic nitrogens is 2. The van der Waals surface area contributed by atoms with Crippen molar-refractivity contribution in [3.8, 4) is 22.6 Å². The van der Waals surface area contributed by atoms with E-state index in [1.165, 1.54) is 7.11 Å². The van der Waals surface area contributed by atoms with Crippen molar-refractivity contribution >= 4 is 11.6 Å². The number of hydrogen-bond acceptors (Lipinski definition) is 3. The Hall–Kier alpha value is -1.68. The fourth-order valence-corrected chi connectivity index (χ4v) is 1.56. The van der Waals surface area contributed by atoms with Crippen LogP contribution in [0.25, 0.3) is 11.1 Å². The highest BCUT2D eigenvalue weighted by Gasteiger charge is 2.12. The Bertz CT molecular complexity index is 469. The Balaban J connectivity index is 2.61. The molecule has 0 amide bonds. The van der Waals surface area contributed by atoms with Gasteiger partial charge in [0.15, 0.2) is 11.5 Å². The fourth-order valence-electron chi connectivity index (χ4n) is 1.35. The van der Waals surface area contributed by atoms with Gasteiger partial charge in [-0.3, -0.25) is 5.10 Å². The molecule has 1 heterocycles. The zero-order valence-corrected chi connectivity index (χ0v) is 8.75. The molecule has 2 N–H and O–H groups in total. The molecule has 1 aromatic heterocycles. The van der Waals surface area contributed by atoms with Gasteiger partial charge in [0.05, 0.1) is 13.3 Å². The fraction of sp³-hybridized carbons (Fsp3) is 0.100. The van der Waals surface area contributed by atoms with Crippen LogP contribution in [-0.4, -0.2) is 22.4 Å². The Morgan fingerprint density at radius 2 is 2.27 bits per heavy atom. The van der Waals surface area contributed by atoms with Crippen LogP contribution in [0.3, 0.4) is 0 Å². The Kier molecular flexibility index (Phi) is 2.51. The number of benzene rings is 1. The molecule has 0 aliphatic heterocycles. The molecule has 2 rings (SSSR count). The lowest BCUT2D eigenvalue weighted by atomic mass is 10.1. The summed E-state index contributed by atoms with van der Waals surface area (Å²) in [5.74, 6) is 0.405. The normalized spacial score (nSPS) is 10.3. The van der Waals surface area contributed by atoms with Crippen molar-refractivity contribution in [2.75, 3.05) is 7.11 Å². The van der Waals surface area contributed by atoms with Crippen LogP contribution in [0.2, 0.25) is 5.02 Å². The van der Waals surface area contributed by atoms with E-state index in [4.69, 9.17) is 16.3 Å². The van der Waals surface area contributed by atoms with Gasteiger partial charge in [-0.1, -0.05) is 11.6 Å². The van der Waals surface area contributed by atoms with Gasteiger partial charge in [0.1, 0.15) is 0 Å². The van der Waals surface area contributed by atoms with Crippen molar-refractivity contribution in [3.63, 3.8) is 0 Å². The zero-order chi connectivity index (χ0) is 10.8. The van der Waals surface area contributed by atoms with Gasteiger partial charge >= 0.3 is 0 Å². The molecule has 0 spiro atoms. The van der Waals surface area contributed by atoms with Crippen molar-refractivity contribution in [1.82, 2.24) is 10.2 Å². The van der Waals surface area contributed by atoms with Crippen molar-refractivity contribution in [2.24, 2.45) is 0 Å². The molecule has 0 unspecified atom stereocenters. The van der Waals surface area contributed by atoms with E-state index in [0.29, 0.717) is 16.3 Å². The van der Waals surface area contributed by atoms with Crippen molar-refractivity contribution < 1.29 is 9.84 Å². The molecule has 0 aliphatic carbocycles. The molecular formula is C10H9ClN2O2. The van der Waals surface area contributed by atoms with Crippen molar-refractivity contribution in [3.05, 3.63) is 29.5 Å². The van der Waals surface area contributed by atoms with Crippen LogP contribution < -0.4 is 4.74 Å². The summed E-state index contributed by atoms with van der Waals surface area (Å²) in [5, 5.41) is 16.8. The minimum Gasteiger partial charge on any atom is -0.504 e. The first-order valence-corrected chi connectivity index (χ1v) is 4.66. The number of hydrogen-bond donors (Lipinski definition) is 2. The standard InChI is InChI=1S/C10H9ClN2O2/c1-15-9-3-7(11)2-8(10(9)14)6-4-12-13-5-6/h2-5,14H,1H3,(H,12,13). The number of H-pyrrole nitrogens is 1. The number of aromatic hydroxyl groups is 1. The average Bonchev–Trinajstić information content (AvgIpc) is 2.74. The van der Waals surface area contributed by atoms with Crippen LogP contribution in [0.4, 0.5) is 0 Å². The summed E-state index contributed by atoms with van der Waals surface area (Å²) in [5.41, 5.74) is 1.35. The van der Waals surface area contributed by atoms with Crippen LogP contribution in [-0.2, 0) is 0 Å². The Morgan fingerprint density at radius 1 is 1.47 bits per heavy atom. The van der Waals surface area contributed by atoms with E-state index in [0.717, 1.165) is 5.56 Å². The zero-order valence-electron chi connectivity index (χ0n) is 7.99. The van der Waals surface area contributed by atoms with Gasteiger partial charge in [0.25, 0.3) is 0 Å². The summed E-state index contributed by atoms with van der Waals surface area (Å²) in [4.78, 5) is 0. The number of nitrogens with zero attached hydrogens (tertiary/aromatic N) is 1. The maximum atomic E-state index is 9.86. The van der Waals surface area contributed by atoms with E-state index < -0.39 is 0 Å². The van der Waals surface area contributed by atoms with Crippen molar-refractivity contribution in [2.45, 2.75) is 0 Å². The number of aromatic amines is 1. The van der Waals surface area contributed by atoms with Gasteiger partial charge in [-0.2, -0.15) is 5.10 Å². The van der Waals surface area contributed by atoms with Crippen LogP contribution in [0, 0.1) is 0 Å². The SMILES string of the molecule is COc1cc(Cl)cc(-c2cn[nH]c2)c1O. The number of phenolic OH excluding ortho intramolecular Hbond substituents is 1. The first-order chi connectivity index (χ1) is 7.22. The average molecular weight is 225 g/mol. The highest BCUT2D eigenvalue weighted by Crippen LogP contribution is 2.39. The van der Waals surface area contributed by atoms with Crippen LogP contribution >= 0.6 is 11.6 Å². The first-order valence-electron chi connectivity index (χ1n) is 4.28. The molecule has 1 aromatic carbocycles. The maximum absolute atomic E-state index is 9.86. The van der Waals surface area contributed by atoms with E-state index in [1.807, 2.05) is 0 Å². The Labute approximate surface area is 91.5 Å². The molecule has 0 saturated heterocycles. The van der Waals surface area contributed by atoms with Crippen molar-refractivity contribution in [1.29, 1.82) is 0 Å². The van der Waals surface area contributed by atoms with Crippen LogP contribution in [0.1, 0.15) is 0 Å². The summed E-state index contributed by atoms with van der Waals surface area (Å²) in [6, 6.07) is 3.21. The van der Waals surface area contributed by atoms with Gasteiger partial charge in [0, 0.05) is 28.4 Å². The molecule has 5 heteroatoms. The van der Waals surface area contributed by atoms with E-state index in [2.05, 4.69) is 10.2 Å². The lowest BCUT2D eigenvalue weighted by Crippen LogP contribution is -1.86. The molecule has 2 aromatic rings. The van der Waals surface area contributed by atoms with Gasteiger partial charge in [0.2, 0.25) is 0 Å². The predicted molar refractivity (Wildman–Crippen MR) is 57.3 cm³/mol. The van der Waals surface area contributed by atoms with Gasteiger partial charge in [-0.25, -0.2) is 0 Å². The third-order valence-corrected chi connectivity index (χ3v) is 2.29. The molecule has 15 heavy (non-hydrogen) atoms. The summed E-state index contributed by atoms with van der Waals surface area (Å²) < 4.78 is 5.00. The number of nitrogens with one attached hydrogen (secondary N) is 1. The minimum absolute atomic E-state index is 0.0586. The Morgan fingerprint density at radius 3 is 2.87 bits per heavy atom. The lowest BCUT2D eigenvalue weighted by molar-refractivity contribution is 0.374. The summed E-state index contributed by atoms with van der Waals surface area (Å²) >= 11 is 5.90. The van der Waals surface area contributed by atoms with E-state index >= 15 is 0 Å². The smallest absolute Gasteiger partial charge is 0.165 e. The third kappa shape index (κ3) is 1.76. The number of halogens is 1. The van der Waals surface area contributed by atoms with Gasteiger partial charge in [-0.15, -0.1) is 0 Å². The van der Waals surface area contributed by atoms with E-state index in [-0.39, 0.29) is 5.75 Å². The summed E-state index contributed by atoms with van der Waals surface area (Å²) in [6.45, 7) is 0. The van der Waals surface area contributed by atoms with Gasteiger partial charge < -0.3 is 9.84 Å².